The number of likely N-dealkylation sites (tertiary alicyclic amines) is 1. The van der Waals surface area contributed by atoms with Crippen LogP contribution in [0.2, 0.25) is 0 Å². The summed E-state index contributed by atoms with van der Waals surface area (Å²) in [6, 6.07) is 14.2. The Hall–Kier alpha value is -3.45. The lowest BCUT2D eigenvalue weighted by Crippen LogP contribution is -2.40. The molecule has 0 saturated carbocycles. The Balaban J connectivity index is 1.40. The second-order valence-electron chi connectivity index (χ2n) is 7.61. The topological polar surface area (TPSA) is 87.5 Å². The molecule has 160 valence electrons. The summed E-state index contributed by atoms with van der Waals surface area (Å²) in [5.41, 5.74) is 1.50. The number of anilines is 1. The lowest BCUT2D eigenvalue weighted by molar-refractivity contribution is 0.0913. The van der Waals surface area contributed by atoms with Gasteiger partial charge in [0.05, 0.1) is 17.9 Å². The maximum absolute atomic E-state index is 12.8. The van der Waals surface area contributed by atoms with Crippen LogP contribution in [0.5, 0.6) is 0 Å². The van der Waals surface area contributed by atoms with Gasteiger partial charge in [0.1, 0.15) is 5.76 Å². The van der Waals surface area contributed by atoms with Crippen LogP contribution in [0.1, 0.15) is 51.8 Å². The van der Waals surface area contributed by atoms with Crippen LogP contribution in [0.3, 0.4) is 0 Å². The van der Waals surface area contributed by atoms with Crippen molar-refractivity contribution in [3.05, 3.63) is 84.1 Å². The summed E-state index contributed by atoms with van der Waals surface area (Å²) in [5.74, 6) is 0.402. The summed E-state index contributed by atoms with van der Waals surface area (Å²) < 4.78 is 5.65. The molecule has 3 aromatic rings. The minimum Gasteiger partial charge on any atom is -0.468 e. The van der Waals surface area contributed by atoms with Crippen molar-refractivity contribution in [2.75, 3.05) is 25.0 Å². The zero-order valence-corrected chi connectivity index (χ0v) is 17.3. The summed E-state index contributed by atoms with van der Waals surface area (Å²) in [7, 11) is 0. The average Bonchev–Trinajstić information content (AvgIpc) is 3.35. The van der Waals surface area contributed by atoms with Gasteiger partial charge in [0.15, 0.2) is 0 Å². The van der Waals surface area contributed by atoms with E-state index in [1.807, 2.05) is 12.1 Å². The molecule has 1 unspecified atom stereocenters. The van der Waals surface area contributed by atoms with E-state index in [1.165, 1.54) is 12.6 Å². The number of piperidine rings is 1. The van der Waals surface area contributed by atoms with Gasteiger partial charge in [0.2, 0.25) is 0 Å². The predicted molar refractivity (Wildman–Crippen MR) is 118 cm³/mol. The van der Waals surface area contributed by atoms with Crippen molar-refractivity contribution in [2.45, 2.75) is 25.3 Å². The van der Waals surface area contributed by atoms with Gasteiger partial charge in [0.25, 0.3) is 11.8 Å². The highest BCUT2D eigenvalue weighted by Crippen LogP contribution is 2.24. The Morgan fingerprint density at radius 1 is 1.00 bits per heavy atom. The highest BCUT2D eigenvalue weighted by atomic mass is 16.3. The molecule has 1 saturated heterocycles. The highest BCUT2D eigenvalue weighted by molar-refractivity contribution is 6.04. The molecule has 7 heteroatoms. The molecule has 2 N–H and O–H groups in total. The first-order chi connectivity index (χ1) is 15.2. The standard InChI is InChI=1S/C24H26N4O3/c29-23(26-17-21(22-10-6-14-31-22)28-12-2-1-3-13-28)18-7-4-9-20(15-18)27-24(30)19-8-5-11-25-16-19/h4-11,14-16,21H,1-3,12-13,17H2,(H,26,29)(H,27,30). The smallest absolute Gasteiger partial charge is 0.257 e. The fourth-order valence-corrected chi connectivity index (χ4v) is 3.85. The van der Waals surface area contributed by atoms with Crippen molar-refractivity contribution >= 4 is 17.5 Å². The number of benzene rings is 1. The Bertz CT molecular complexity index is 999. The first kappa shape index (κ1) is 20.8. The van der Waals surface area contributed by atoms with E-state index in [-0.39, 0.29) is 17.9 Å². The molecule has 31 heavy (non-hydrogen) atoms. The van der Waals surface area contributed by atoms with Gasteiger partial charge < -0.3 is 15.1 Å². The van der Waals surface area contributed by atoms with Gasteiger partial charge in [-0.15, -0.1) is 0 Å². The fraction of sp³-hybridized carbons (Fsp3) is 0.292. The Labute approximate surface area is 181 Å². The minimum absolute atomic E-state index is 0.00714. The van der Waals surface area contributed by atoms with Gasteiger partial charge >= 0.3 is 0 Å². The van der Waals surface area contributed by atoms with E-state index in [2.05, 4.69) is 20.5 Å². The Morgan fingerprint density at radius 3 is 2.58 bits per heavy atom. The molecular weight excluding hydrogens is 392 g/mol. The van der Waals surface area contributed by atoms with Crippen LogP contribution in [0.15, 0.2) is 71.6 Å². The second kappa shape index (κ2) is 10.0. The summed E-state index contributed by atoms with van der Waals surface area (Å²) in [4.78, 5) is 31.5. The SMILES string of the molecule is O=C(NCC(c1ccco1)N1CCCCC1)c1cccc(NC(=O)c2cccnc2)c1. The monoisotopic (exact) mass is 418 g/mol. The summed E-state index contributed by atoms with van der Waals surface area (Å²) >= 11 is 0. The van der Waals surface area contributed by atoms with Gasteiger partial charge in [-0.1, -0.05) is 12.5 Å². The molecule has 0 radical (unpaired) electrons. The molecule has 1 atom stereocenters. The highest BCUT2D eigenvalue weighted by Gasteiger charge is 2.25. The van der Waals surface area contributed by atoms with Crippen LogP contribution in [0.25, 0.3) is 0 Å². The number of amides is 2. The van der Waals surface area contributed by atoms with Crippen molar-refractivity contribution in [3.63, 3.8) is 0 Å². The summed E-state index contributed by atoms with van der Waals surface area (Å²) in [6.45, 7) is 2.45. The predicted octanol–water partition coefficient (Wildman–Crippen LogP) is 3.88. The van der Waals surface area contributed by atoms with Crippen LogP contribution in [-0.2, 0) is 0 Å². The molecule has 1 aliphatic heterocycles. The third kappa shape index (κ3) is 5.38. The van der Waals surface area contributed by atoms with Crippen LogP contribution in [0.4, 0.5) is 5.69 Å². The van der Waals surface area contributed by atoms with E-state index in [0.29, 0.717) is 23.4 Å². The fourth-order valence-electron chi connectivity index (χ4n) is 3.85. The van der Waals surface area contributed by atoms with Crippen molar-refractivity contribution in [1.82, 2.24) is 15.2 Å². The second-order valence-corrected chi connectivity index (χ2v) is 7.61. The van der Waals surface area contributed by atoms with Crippen molar-refractivity contribution in [3.8, 4) is 0 Å². The van der Waals surface area contributed by atoms with E-state index in [1.54, 1.807) is 48.9 Å². The van der Waals surface area contributed by atoms with Gasteiger partial charge in [-0.05, 0) is 68.4 Å². The number of hydrogen-bond acceptors (Lipinski definition) is 5. The molecule has 1 aliphatic rings. The molecule has 2 aromatic heterocycles. The quantitative estimate of drug-likeness (QED) is 0.608. The molecule has 4 rings (SSSR count). The molecule has 2 amide bonds. The van der Waals surface area contributed by atoms with Gasteiger partial charge in [-0.25, -0.2) is 0 Å². The first-order valence-electron chi connectivity index (χ1n) is 10.6. The van der Waals surface area contributed by atoms with Gasteiger partial charge in [-0.3, -0.25) is 19.5 Å². The number of nitrogens with zero attached hydrogens (tertiary/aromatic N) is 2. The lowest BCUT2D eigenvalue weighted by atomic mass is 10.1. The van der Waals surface area contributed by atoms with Crippen LogP contribution in [-0.4, -0.2) is 41.3 Å². The van der Waals surface area contributed by atoms with Gasteiger partial charge in [-0.2, -0.15) is 0 Å². The third-order valence-electron chi connectivity index (χ3n) is 5.47. The van der Waals surface area contributed by atoms with Crippen molar-refractivity contribution < 1.29 is 14.0 Å². The lowest BCUT2D eigenvalue weighted by Gasteiger charge is -2.33. The molecule has 3 heterocycles. The first-order valence-corrected chi connectivity index (χ1v) is 10.6. The molecular formula is C24H26N4O3. The van der Waals surface area contributed by atoms with Crippen LogP contribution >= 0.6 is 0 Å². The number of rotatable bonds is 7. The molecule has 0 bridgehead atoms. The number of aromatic nitrogens is 1. The Morgan fingerprint density at radius 2 is 1.84 bits per heavy atom. The van der Waals surface area contributed by atoms with E-state index in [9.17, 15) is 9.59 Å². The van der Waals surface area contributed by atoms with E-state index in [0.717, 1.165) is 31.7 Å². The molecule has 0 spiro atoms. The number of hydrogen-bond donors (Lipinski definition) is 2. The number of nitrogens with one attached hydrogen (secondary N) is 2. The van der Waals surface area contributed by atoms with Crippen LogP contribution in [0, 0.1) is 0 Å². The van der Waals surface area contributed by atoms with Crippen molar-refractivity contribution in [2.24, 2.45) is 0 Å². The number of carbonyl (C=O) groups is 2. The summed E-state index contributed by atoms with van der Waals surface area (Å²) in [6.07, 6.45) is 8.34. The summed E-state index contributed by atoms with van der Waals surface area (Å²) in [5, 5.41) is 5.84. The van der Waals surface area contributed by atoms with Crippen LogP contribution < -0.4 is 10.6 Å². The van der Waals surface area contributed by atoms with E-state index < -0.39 is 0 Å². The Kier molecular flexibility index (Phi) is 6.74. The zero-order valence-electron chi connectivity index (χ0n) is 17.3. The molecule has 1 fully saturated rings. The normalized spacial score (nSPS) is 15.2. The number of pyridine rings is 1. The third-order valence-corrected chi connectivity index (χ3v) is 5.47. The number of furan rings is 1. The van der Waals surface area contributed by atoms with E-state index >= 15 is 0 Å². The molecule has 0 aliphatic carbocycles. The molecule has 1 aromatic carbocycles. The maximum atomic E-state index is 12.8. The average molecular weight is 418 g/mol. The van der Waals surface area contributed by atoms with E-state index in [4.69, 9.17) is 4.42 Å². The van der Waals surface area contributed by atoms with Crippen molar-refractivity contribution in [1.29, 1.82) is 0 Å². The molecule has 7 nitrogen and oxygen atoms in total. The minimum atomic E-state index is -0.270. The largest absolute Gasteiger partial charge is 0.468 e. The zero-order chi connectivity index (χ0) is 21.5. The van der Waals surface area contributed by atoms with Gasteiger partial charge in [0, 0.05) is 30.2 Å². The maximum Gasteiger partial charge on any atom is 0.257 e. The number of carbonyl (C=O) groups excluding carboxylic acids is 2.